The lowest BCUT2D eigenvalue weighted by molar-refractivity contribution is -0.123. The Morgan fingerprint density at radius 3 is 2.32 bits per heavy atom. The van der Waals surface area contributed by atoms with Crippen molar-refractivity contribution in [1.82, 2.24) is 5.32 Å². The van der Waals surface area contributed by atoms with Gasteiger partial charge in [0.25, 0.3) is 10.0 Å². The Morgan fingerprint density at radius 2 is 1.80 bits per heavy atom. The molecule has 25 heavy (non-hydrogen) atoms. The zero-order valence-electron chi connectivity index (χ0n) is 13.3. The SMILES string of the molecule is CNC(=O)C1(c2ccc(NS(=O)(=O)c3ccc(F)c(Cl)c3)cc2)CC1. The van der Waals surface area contributed by atoms with Crippen molar-refractivity contribution in [2.45, 2.75) is 23.2 Å². The summed E-state index contributed by atoms with van der Waals surface area (Å²) in [4.78, 5) is 11.9. The number of hydrogen-bond acceptors (Lipinski definition) is 3. The van der Waals surface area contributed by atoms with E-state index in [1.54, 1.807) is 31.3 Å². The minimum absolute atomic E-state index is 0.0400. The van der Waals surface area contributed by atoms with E-state index in [4.69, 9.17) is 11.6 Å². The van der Waals surface area contributed by atoms with Gasteiger partial charge in [0, 0.05) is 12.7 Å². The maximum Gasteiger partial charge on any atom is 0.261 e. The third kappa shape index (κ3) is 3.34. The Morgan fingerprint density at radius 1 is 1.16 bits per heavy atom. The number of nitrogens with one attached hydrogen (secondary N) is 2. The number of hydrogen-bond donors (Lipinski definition) is 2. The molecular weight excluding hydrogens is 367 g/mol. The summed E-state index contributed by atoms with van der Waals surface area (Å²) in [5, 5.41) is 2.39. The minimum atomic E-state index is -3.89. The fourth-order valence-corrected chi connectivity index (χ4v) is 4.06. The van der Waals surface area contributed by atoms with Crippen LogP contribution in [0.2, 0.25) is 5.02 Å². The lowest BCUT2D eigenvalue weighted by Crippen LogP contribution is -2.31. The molecule has 3 rings (SSSR count). The summed E-state index contributed by atoms with van der Waals surface area (Å²) >= 11 is 5.64. The second kappa shape index (κ2) is 6.31. The average Bonchev–Trinajstić information content (AvgIpc) is 3.38. The number of carbonyl (C=O) groups is 1. The molecule has 0 spiro atoms. The average molecular weight is 383 g/mol. The summed E-state index contributed by atoms with van der Waals surface area (Å²) in [6, 6.07) is 9.86. The van der Waals surface area contributed by atoms with Crippen molar-refractivity contribution >= 4 is 33.2 Å². The highest BCUT2D eigenvalue weighted by atomic mass is 35.5. The summed E-state index contributed by atoms with van der Waals surface area (Å²) in [5.41, 5.74) is 0.688. The van der Waals surface area contributed by atoms with E-state index in [9.17, 15) is 17.6 Å². The molecule has 0 atom stereocenters. The molecule has 1 fully saturated rings. The number of amides is 1. The van der Waals surface area contributed by atoms with Crippen molar-refractivity contribution in [3.8, 4) is 0 Å². The van der Waals surface area contributed by atoms with Crippen molar-refractivity contribution in [2.75, 3.05) is 11.8 Å². The Bertz CT molecular complexity index is 925. The van der Waals surface area contributed by atoms with Gasteiger partial charge in [-0.1, -0.05) is 23.7 Å². The summed E-state index contributed by atoms with van der Waals surface area (Å²) in [6.07, 6.45) is 1.54. The van der Waals surface area contributed by atoms with E-state index in [0.29, 0.717) is 5.69 Å². The molecule has 1 aliphatic rings. The first kappa shape index (κ1) is 17.7. The van der Waals surface area contributed by atoms with E-state index in [-0.39, 0.29) is 15.8 Å². The predicted molar refractivity (Wildman–Crippen MR) is 93.6 cm³/mol. The number of benzene rings is 2. The Hall–Kier alpha value is -2.12. The van der Waals surface area contributed by atoms with Gasteiger partial charge in [-0.05, 0) is 48.7 Å². The Balaban J connectivity index is 1.81. The van der Waals surface area contributed by atoms with E-state index in [2.05, 4.69) is 10.0 Å². The first-order valence-corrected chi connectivity index (χ1v) is 9.45. The van der Waals surface area contributed by atoms with Gasteiger partial charge in [-0.15, -0.1) is 0 Å². The molecule has 0 aromatic heterocycles. The maximum atomic E-state index is 13.2. The highest BCUT2D eigenvalue weighted by Gasteiger charge is 2.50. The van der Waals surface area contributed by atoms with Crippen LogP contribution in [0.4, 0.5) is 10.1 Å². The zero-order valence-corrected chi connectivity index (χ0v) is 14.9. The molecule has 2 N–H and O–H groups in total. The molecule has 8 heteroatoms. The number of carbonyl (C=O) groups excluding carboxylic acids is 1. The molecular formula is C17H16ClFN2O3S. The largest absolute Gasteiger partial charge is 0.358 e. The molecule has 2 aromatic carbocycles. The topological polar surface area (TPSA) is 75.3 Å². The lowest BCUT2D eigenvalue weighted by Gasteiger charge is -2.15. The molecule has 1 saturated carbocycles. The van der Waals surface area contributed by atoms with Gasteiger partial charge < -0.3 is 5.32 Å². The molecule has 0 saturated heterocycles. The van der Waals surface area contributed by atoms with E-state index >= 15 is 0 Å². The Labute approximate surface area is 150 Å². The maximum absolute atomic E-state index is 13.2. The first-order valence-electron chi connectivity index (χ1n) is 7.59. The fourth-order valence-electron chi connectivity index (χ4n) is 2.73. The number of anilines is 1. The quantitative estimate of drug-likeness (QED) is 0.834. The standard InChI is InChI=1S/C17H16ClFN2O3S/c1-20-16(22)17(8-9-17)11-2-4-12(5-3-11)21-25(23,24)13-6-7-15(19)14(18)10-13/h2-7,10,21H,8-9H2,1H3,(H,20,22). The van der Waals surface area contributed by atoms with Crippen LogP contribution in [0.3, 0.4) is 0 Å². The molecule has 5 nitrogen and oxygen atoms in total. The van der Waals surface area contributed by atoms with Crippen molar-refractivity contribution in [3.63, 3.8) is 0 Å². The van der Waals surface area contributed by atoms with Crippen LogP contribution < -0.4 is 10.0 Å². The molecule has 2 aromatic rings. The molecule has 0 aliphatic heterocycles. The van der Waals surface area contributed by atoms with Gasteiger partial charge >= 0.3 is 0 Å². The second-order valence-electron chi connectivity index (χ2n) is 5.92. The molecule has 0 unspecified atom stereocenters. The van der Waals surface area contributed by atoms with Crippen LogP contribution in [0, 0.1) is 5.82 Å². The molecule has 0 bridgehead atoms. The number of sulfonamides is 1. The van der Waals surface area contributed by atoms with Crippen LogP contribution >= 0.6 is 11.6 Å². The number of rotatable bonds is 5. The fraction of sp³-hybridized carbons (Fsp3) is 0.235. The summed E-state index contributed by atoms with van der Waals surface area (Å²) < 4.78 is 40.3. The number of halogens is 2. The van der Waals surface area contributed by atoms with Crippen molar-refractivity contribution in [2.24, 2.45) is 0 Å². The van der Waals surface area contributed by atoms with Crippen molar-refractivity contribution in [1.29, 1.82) is 0 Å². The summed E-state index contributed by atoms with van der Waals surface area (Å²) in [6.45, 7) is 0. The number of likely N-dealkylation sites (N-methyl/N-ethyl adjacent to an activating group) is 1. The van der Waals surface area contributed by atoms with Crippen molar-refractivity contribution in [3.05, 3.63) is 58.9 Å². The van der Waals surface area contributed by atoms with Gasteiger partial charge in [0.1, 0.15) is 5.82 Å². The van der Waals surface area contributed by atoms with Gasteiger partial charge in [0.2, 0.25) is 5.91 Å². The molecule has 0 heterocycles. The third-order valence-electron chi connectivity index (χ3n) is 4.30. The van der Waals surface area contributed by atoms with E-state index in [1.165, 1.54) is 0 Å². The van der Waals surface area contributed by atoms with E-state index in [1.807, 2.05) is 0 Å². The van der Waals surface area contributed by atoms with Crippen LogP contribution in [0.1, 0.15) is 18.4 Å². The van der Waals surface area contributed by atoms with Crippen molar-refractivity contribution < 1.29 is 17.6 Å². The smallest absolute Gasteiger partial charge is 0.261 e. The normalized spacial score (nSPS) is 15.5. The van der Waals surface area contributed by atoms with Crippen LogP contribution in [-0.2, 0) is 20.2 Å². The van der Waals surface area contributed by atoms with Gasteiger partial charge in [-0.2, -0.15) is 0 Å². The first-order chi connectivity index (χ1) is 11.8. The zero-order chi connectivity index (χ0) is 18.2. The monoisotopic (exact) mass is 382 g/mol. The highest BCUT2D eigenvalue weighted by molar-refractivity contribution is 7.92. The van der Waals surface area contributed by atoms with E-state index in [0.717, 1.165) is 36.6 Å². The van der Waals surface area contributed by atoms with Gasteiger partial charge in [0.15, 0.2) is 0 Å². The molecule has 132 valence electrons. The minimum Gasteiger partial charge on any atom is -0.358 e. The van der Waals surface area contributed by atoms with Crippen LogP contribution in [0.15, 0.2) is 47.4 Å². The molecule has 0 radical (unpaired) electrons. The van der Waals surface area contributed by atoms with Gasteiger partial charge in [0.05, 0.1) is 15.3 Å². The predicted octanol–water partition coefficient (Wildman–Crippen LogP) is 3.06. The van der Waals surface area contributed by atoms with Crippen LogP contribution in [0.25, 0.3) is 0 Å². The molecule has 1 aliphatic carbocycles. The lowest BCUT2D eigenvalue weighted by atomic mass is 9.95. The van der Waals surface area contributed by atoms with E-state index < -0.39 is 21.3 Å². The third-order valence-corrected chi connectivity index (χ3v) is 5.97. The van der Waals surface area contributed by atoms with Crippen LogP contribution in [0.5, 0.6) is 0 Å². The summed E-state index contributed by atoms with van der Waals surface area (Å²) in [7, 11) is -2.29. The Kier molecular flexibility index (Phi) is 4.47. The van der Waals surface area contributed by atoms with Gasteiger partial charge in [-0.25, -0.2) is 12.8 Å². The molecule has 1 amide bonds. The van der Waals surface area contributed by atoms with Crippen LogP contribution in [-0.4, -0.2) is 21.4 Å². The van der Waals surface area contributed by atoms with Gasteiger partial charge in [-0.3, -0.25) is 9.52 Å². The summed E-state index contributed by atoms with van der Waals surface area (Å²) in [5.74, 6) is -0.726. The second-order valence-corrected chi connectivity index (χ2v) is 8.01. The highest BCUT2D eigenvalue weighted by Crippen LogP contribution is 2.48.